The predicted octanol–water partition coefficient (Wildman–Crippen LogP) is 1.70. The van der Waals surface area contributed by atoms with Crippen LogP contribution in [0.5, 0.6) is 0 Å². The molecule has 0 aromatic heterocycles. The molecule has 19 heavy (non-hydrogen) atoms. The van der Waals surface area contributed by atoms with Gasteiger partial charge in [-0.15, -0.1) is 0 Å². The summed E-state index contributed by atoms with van der Waals surface area (Å²) in [6, 6.07) is 1.36. The van der Waals surface area contributed by atoms with Crippen molar-refractivity contribution in [2.45, 2.75) is 45.8 Å². The van der Waals surface area contributed by atoms with Crippen LogP contribution in [-0.4, -0.2) is 41.8 Å². The van der Waals surface area contributed by atoms with Crippen LogP contribution in [0.25, 0.3) is 0 Å². The van der Waals surface area contributed by atoms with Crippen molar-refractivity contribution in [3.63, 3.8) is 0 Å². The van der Waals surface area contributed by atoms with Gasteiger partial charge in [0.2, 0.25) is 0 Å². The highest BCUT2D eigenvalue weighted by Gasteiger charge is 2.42. The van der Waals surface area contributed by atoms with Gasteiger partial charge in [-0.1, -0.05) is 0 Å². The molecule has 1 aliphatic rings. The lowest BCUT2D eigenvalue weighted by atomic mass is 10.1. The molecule has 0 saturated carbocycles. The van der Waals surface area contributed by atoms with Gasteiger partial charge in [0, 0.05) is 6.54 Å². The van der Waals surface area contributed by atoms with E-state index in [1.165, 1.54) is 4.90 Å². The third kappa shape index (κ3) is 4.12. The Kier molecular flexibility index (Phi) is 4.76. The van der Waals surface area contributed by atoms with E-state index >= 15 is 0 Å². The molecule has 0 N–H and O–H groups in total. The average Bonchev–Trinajstić information content (AvgIpc) is 2.71. The van der Waals surface area contributed by atoms with Crippen molar-refractivity contribution < 1.29 is 19.1 Å². The third-order valence-corrected chi connectivity index (χ3v) is 2.67. The Morgan fingerprint density at radius 2 is 2.05 bits per heavy atom. The molecule has 1 fully saturated rings. The van der Waals surface area contributed by atoms with Gasteiger partial charge in [-0.3, -0.25) is 4.90 Å². The third-order valence-electron chi connectivity index (χ3n) is 2.67. The van der Waals surface area contributed by atoms with E-state index in [0.29, 0.717) is 6.42 Å². The normalized spacial score (nSPS) is 22.8. The van der Waals surface area contributed by atoms with E-state index < -0.39 is 23.7 Å². The van der Waals surface area contributed by atoms with Gasteiger partial charge < -0.3 is 9.47 Å². The molecule has 106 valence electrons. The Morgan fingerprint density at radius 1 is 1.42 bits per heavy atom. The lowest BCUT2D eigenvalue weighted by Gasteiger charge is -2.27. The Morgan fingerprint density at radius 3 is 2.53 bits per heavy atom. The predicted molar refractivity (Wildman–Crippen MR) is 67.1 cm³/mol. The number of carbonyl (C=O) groups is 2. The van der Waals surface area contributed by atoms with Crippen molar-refractivity contribution in [2.75, 3.05) is 13.2 Å². The molecule has 2 atom stereocenters. The molecule has 1 amide bonds. The minimum absolute atomic E-state index is 0.203. The van der Waals surface area contributed by atoms with Gasteiger partial charge in [-0.05, 0) is 34.1 Å². The van der Waals surface area contributed by atoms with Crippen LogP contribution in [0.1, 0.15) is 34.1 Å². The molecule has 0 aromatic rings. The van der Waals surface area contributed by atoms with Crippen molar-refractivity contribution >= 4 is 12.1 Å². The molecule has 0 aromatic carbocycles. The van der Waals surface area contributed by atoms with Crippen molar-refractivity contribution in [3.05, 3.63) is 0 Å². The number of carbonyl (C=O) groups excluding carboxylic acids is 2. The zero-order valence-electron chi connectivity index (χ0n) is 11.8. The Balaban J connectivity index is 2.80. The molecule has 1 rings (SSSR count). The summed E-state index contributed by atoms with van der Waals surface area (Å²) < 4.78 is 10.2. The Bertz CT molecular complexity index is 394. The monoisotopic (exact) mass is 268 g/mol. The van der Waals surface area contributed by atoms with E-state index in [2.05, 4.69) is 6.07 Å². The Hall–Kier alpha value is -1.77. The van der Waals surface area contributed by atoms with Crippen LogP contribution < -0.4 is 0 Å². The van der Waals surface area contributed by atoms with Crippen molar-refractivity contribution in [1.29, 1.82) is 5.26 Å². The fourth-order valence-electron chi connectivity index (χ4n) is 1.91. The van der Waals surface area contributed by atoms with Crippen LogP contribution >= 0.6 is 0 Å². The van der Waals surface area contributed by atoms with Crippen molar-refractivity contribution in [1.82, 2.24) is 4.90 Å². The van der Waals surface area contributed by atoms with E-state index in [1.807, 2.05) is 0 Å². The van der Waals surface area contributed by atoms with Crippen LogP contribution in [-0.2, 0) is 14.3 Å². The second-order valence-electron chi connectivity index (χ2n) is 5.46. The first-order valence-corrected chi connectivity index (χ1v) is 6.34. The molecule has 1 heterocycles. The number of ether oxygens (including phenoxy) is 2. The van der Waals surface area contributed by atoms with Crippen molar-refractivity contribution in [3.8, 4) is 6.07 Å². The quantitative estimate of drug-likeness (QED) is 0.712. The number of hydrogen-bond acceptors (Lipinski definition) is 5. The van der Waals surface area contributed by atoms with Crippen LogP contribution in [0.4, 0.5) is 4.79 Å². The summed E-state index contributed by atoms with van der Waals surface area (Å²) in [5.41, 5.74) is -0.638. The standard InChI is InChI=1S/C13H20N2O4/c1-5-18-11(16)10-6-9(7-14)8-15(10)12(17)19-13(2,3)4/h9-10H,5-6,8H2,1-4H3/t9-,10-/m0/s1. The topological polar surface area (TPSA) is 79.6 Å². The summed E-state index contributed by atoms with van der Waals surface area (Å²) in [6.07, 6.45) is -0.280. The highest BCUT2D eigenvalue weighted by molar-refractivity contribution is 5.82. The number of rotatable bonds is 2. The smallest absolute Gasteiger partial charge is 0.411 e. The SMILES string of the molecule is CCOC(=O)[C@@H]1C[C@@H](C#N)CN1C(=O)OC(C)(C)C. The molecule has 6 nitrogen and oxygen atoms in total. The summed E-state index contributed by atoms with van der Waals surface area (Å²) >= 11 is 0. The maximum absolute atomic E-state index is 12.0. The first kappa shape index (κ1) is 15.3. The van der Waals surface area contributed by atoms with E-state index in [4.69, 9.17) is 14.7 Å². The zero-order valence-corrected chi connectivity index (χ0v) is 11.8. The molecule has 1 saturated heterocycles. The largest absolute Gasteiger partial charge is 0.464 e. The van der Waals surface area contributed by atoms with Crippen LogP contribution in [0.15, 0.2) is 0 Å². The molecule has 0 bridgehead atoms. The van der Waals surface area contributed by atoms with Crippen molar-refractivity contribution in [2.24, 2.45) is 5.92 Å². The molecule has 0 radical (unpaired) electrons. The summed E-state index contributed by atoms with van der Waals surface area (Å²) in [5, 5.41) is 8.95. The lowest BCUT2D eigenvalue weighted by Crippen LogP contribution is -2.44. The Labute approximate surface area is 113 Å². The van der Waals surface area contributed by atoms with Gasteiger partial charge in [0.25, 0.3) is 0 Å². The number of esters is 1. The molecule has 0 aliphatic carbocycles. The van der Waals surface area contributed by atoms with Gasteiger partial charge in [-0.2, -0.15) is 5.26 Å². The maximum Gasteiger partial charge on any atom is 0.411 e. The number of amides is 1. The highest BCUT2D eigenvalue weighted by Crippen LogP contribution is 2.25. The lowest BCUT2D eigenvalue weighted by molar-refractivity contribution is -0.148. The van der Waals surface area contributed by atoms with Crippen LogP contribution in [0, 0.1) is 17.2 Å². The number of nitriles is 1. The number of nitrogens with zero attached hydrogens (tertiary/aromatic N) is 2. The van der Waals surface area contributed by atoms with E-state index in [1.54, 1.807) is 27.7 Å². The summed E-state index contributed by atoms with van der Waals surface area (Å²) in [5.74, 6) is -0.840. The first-order valence-electron chi connectivity index (χ1n) is 6.34. The molecule has 6 heteroatoms. The van der Waals surface area contributed by atoms with Gasteiger partial charge >= 0.3 is 12.1 Å². The van der Waals surface area contributed by atoms with E-state index in [9.17, 15) is 9.59 Å². The van der Waals surface area contributed by atoms with Gasteiger partial charge in [0.05, 0.1) is 18.6 Å². The van der Waals surface area contributed by atoms with Gasteiger partial charge in [-0.25, -0.2) is 9.59 Å². The van der Waals surface area contributed by atoms with E-state index in [0.717, 1.165) is 0 Å². The van der Waals surface area contributed by atoms with Crippen LogP contribution in [0.2, 0.25) is 0 Å². The summed E-state index contributed by atoms with van der Waals surface area (Å²) in [6.45, 7) is 7.41. The molecule has 0 spiro atoms. The zero-order chi connectivity index (χ0) is 14.6. The molecule has 0 unspecified atom stereocenters. The average molecular weight is 268 g/mol. The second kappa shape index (κ2) is 5.91. The minimum atomic E-state index is -0.723. The molecular weight excluding hydrogens is 248 g/mol. The fourth-order valence-corrected chi connectivity index (χ4v) is 1.91. The number of hydrogen-bond donors (Lipinski definition) is 0. The first-order chi connectivity index (χ1) is 8.78. The fraction of sp³-hybridized carbons (Fsp3) is 0.769. The highest BCUT2D eigenvalue weighted by atomic mass is 16.6. The molecular formula is C13H20N2O4. The summed E-state index contributed by atoms with van der Waals surface area (Å²) in [4.78, 5) is 25.1. The summed E-state index contributed by atoms with van der Waals surface area (Å²) in [7, 11) is 0. The maximum atomic E-state index is 12.0. The van der Waals surface area contributed by atoms with Gasteiger partial charge in [0.1, 0.15) is 11.6 Å². The van der Waals surface area contributed by atoms with E-state index in [-0.39, 0.29) is 19.1 Å². The molecule has 1 aliphatic heterocycles. The van der Waals surface area contributed by atoms with Crippen LogP contribution in [0.3, 0.4) is 0 Å². The minimum Gasteiger partial charge on any atom is -0.464 e. The second-order valence-corrected chi connectivity index (χ2v) is 5.46. The number of likely N-dealkylation sites (tertiary alicyclic amines) is 1. The van der Waals surface area contributed by atoms with Gasteiger partial charge in [0.15, 0.2) is 0 Å².